The summed E-state index contributed by atoms with van der Waals surface area (Å²) in [6.07, 6.45) is 1.50. The van der Waals surface area contributed by atoms with Crippen molar-refractivity contribution in [1.82, 2.24) is 10.2 Å². The maximum atomic E-state index is 11.2. The number of halogens is 1. The van der Waals surface area contributed by atoms with Gasteiger partial charge in [0, 0.05) is 6.54 Å². The van der Waals surface area contributed by atoms with Crippen LogP contribution >= 0.6 is 11.6 Å². The zero-order valence-corrected chi connectivity index (χ0v) is 10.1. The fraction of sp³-hybridized carbons (Fsp3) is 0.167. The molecule has 0 aliphatic carbocycles. The summed E-state index contributed by atoms with van der Waals surface area (Å²) in [7, 11) is 0. The molecule has 2 N–H and O–H groups in total. The van der Waals surface area contributed by atoms with E-state index in [1.54, 1.807) is 0 Å². The Morgan fingerprint density at radius 3 is 3.06 bits per heavy atom. The summed E-state index contributed by atoms with van der Waals surface area (Å²) in [4.78, 5) is 11.2. The highest BCUT2D eigenvalue weighted by Gasteiger charge is 2.04. The fourth-order valence-corrected chi connectivity index (χ4v) is 1.68. The van der Waals surface area contributed by atoms with Crippen LogP contribution in [0.5, 0.6) is 0 Å². The fourth-order valence-electron chi connectivity index (χ4n) is 1.53. The minimum Gasteiger partial charge on any atom is -0.378 e. The first-order valence-corrected chi connectivity index (χ1v) is 5.57. The van der Waals surface area contributed by atoms with Crippen LogP contribution in [0.3, 0.4) is 0 Å². The smallest absolute Gasteiger partial charge is 0.285 e. The summed E-state index contributed by atoms with van der Waals surface area (Å²) in [5, 5.41) is 9.18. The Bertz CT molecular complexity index is 580. The molecule has 88 valence electrons. The molecule has 0 amide bonds. The molecule has 0 fully saturated rings. The van der Waals surface area contributed by atoms with Crippen LogP contribution in [0.4, 0.5) is 5.69 Å². The molecule has 0 saturated heterocycles. The van der Waals surface area contributed by atoms with Gasteiger partial charge in [-0.2, -0.15) is 5.10 Å². The van der Waals surface area contributed by atoms with Gasteiger partial charge in [-0.15, -0.1) is 0 Å². The number of aromatic nitrogens is 2. The van der Waals surface area contributed by atoms with Gasteiger partial charge in [-0.1, -0.05) is 41.4 Å². The van der Waals surface area contributed by atoms with E-state index in [0.29, 0.717) is 12.2 Å². The topological polar surface area (TPSA) is 57.8 Å². The maximum Gasteiger partial charge on any atom is 0.285 e. The summed E-state index contributed by atoms with van der Waals surface area (Å²) in [6.45, 7) is 2.64. The number of anilines is 1. The highest BCUT2D eigenvalue weighted by Crippen LogP contribution is 2.15. The summed E-state index contributed by atoms with van der Waals surface area (Å²) in [6, 6.07) is 8.10. The number of benzene rings is 1. The van der Waals surface area contributed by atoms with E-state index in [1.165, 1.54) is 11.8 Å². The van der Waals surface area contributed by atoms with Crippen LogP contribution < -0.4 is 10.9 Å². The van der Waals surface area contributed by atoms with Gasteiger partial charge in [0.25, 0.3) is 5.56 Å². The van der Waals surface area contributed by atoms with Gasteiger partial charge in [0.1, 0.15) is 5.02 Å². The second-order valence-electron chi connectivity index (χ2n) is 3.77. The Morgan fingerprint density at radius 1 is 1.47 bits per heavy atom. The lowest BCUT2D eigenvalue weighted by atomic mass is 10.1. The van der Waals surface area contributed by atoms with E-state index >= 15 is 0 Å². The van der Waals surface area contributed by atoms with Crippen molar-refractivity contribution in [2.75, 3.05) is 5.32 Å². The van der Waals surface area contributed by atoms with Gasteiger partial charge in [-0.3, -0.25) is 4.79 Å². The normalized spacial score (nSPS) is 10.2. The molecule has 0 saturated carbocycles. The van der Waals surface area contributed by atoms with Gasteiger partial charge in [-0.25, -0.2) is 5.10 Å². The highest BCUT2D eigenvalue weighted by atomic mass is 35.5. The molecule has 1 heterocycles. The Kier molecular flexibility index (Phi) is 3.44. The molecule has 0 radical (unpaired) electrons. The largest absolute Gasteiger partial charge is 0.378 e. The molecule has 0 aliphatic rings. The third-order valence-corrected chi connectivity index (χ3v) is 2.74. The van der Waals surface area contributed by atoms with E-state index in [0.717, 1.165) is 5.56 Å². The summed E-state index contributed by atoms with van der Waals surface area (Å²) in [5.41, 5.74) is 2.47. The van der Waals surface area contributed by atoms with Crippen molar-refractivity contribution in [2.24, 2.45) is 0 Å². The average Bonchev–Trinajstić information content (AvgIpc) is 2.31. The lowest BCUT2D eigenvalue weighted by molar-refractivity contribution is 0.981. The molecule has 0 atom stereocenters. The van der Waals surface area contributed by atoms with Gasteiger partial charge in [-0.05, 0) is 12.5 Å². The molecule has 0 unspecified atom stereocenters. The van der Waals surface area contributed by atoms with Gasteiger partial charge in [0.05, 0.1) is 11.9 Å². The Hall–Kier alpha value is -1.81. The Labute approximate surface area is 104 Å². The summed E-state index contributed by atoms with van der Waals surface area (Å²) in [5.74, 6) is 0. The second-order valence-corrected chi connectivity index (χ2v) is 4.15. The van der Waals surface area contributed by atoms with E-state index < -0.39 is 0 Å². The van der Waals surface area contributed by atoms with Gasteiger partial charge in [0.15, 0.2) is 0 Å². The lowest BCUT2D eigenvalue weighted by Crippen LogP contribution is -2.11. The van der Waals surface area contributed by atoms with Crippen molar-refractivity contribution in [2.45, 2.75) is 13.5 Å². The van der Waals surface area contributed by atoms with Gasteiger partial charge >= 0.3 is 0 Å². The monoisotopic (exact) mass is 249 g/mol. The van der Waals surface area contributed by atoms with Crippen LogP contribution in [0.15, 0.2) is 35.3 Å². The first-order chi connectivity index (χ1) is 8.16. The predicted molar refractivity (Wildman–Crippen MR) is 68.4 cm³/mol. The number of nitrogens with one attached hydrogen (secondary N) is 2. The number of nitrogens with zero attached hydrogens (tertiary/aromatic N) is 1. The number of H-pyrrole nitrogens is 1. The molecule has 2 rings (SSSR count). The second kappa shape index (κ2) is 5.01. The van der Waals surface area contributed by atoms with Crippen molar-refractivity contribution < 1.29 is 0 Å². The molecule has 0 aliphatic heterocycles. The van der Waals surface area contributed by atoms with E-state index in [9.17, 15) is 4.79 Å². The van der Waals surface area contributed by atoms with E-state index in [2.05, 4.69) is 21.6 Å². The quantitative estimate of drug-likeness (QED) is 0.878. The van der Waals surface area contributed by atoms with Crippen molar-refractivity contribution in [3.05, 3.63) is 57.0 Å². The molecule has 1 aromatic carbocycles. The standard InChI is InChI=1S/C12H12ClN3O/c1-8-3-2-4-9(5-8)6-14-10-7-15-16-12(17)11(10)13/h2-5,7H,6H2,1H3,(H2,14,16,17). The van der Waals surface area contributed by atoms with Crippen LogP contribution in [0.25, 0.3) is 0 Å². The summed E-state index contributed by atoms with van der Waals surface area (Å²) >= 11 is 5.84. The van der Waals surface area contributed by atoms with Gasteiger partial charge in [0.2, 0.25) is 0 Å². The number of aryl methyl sites for hydroxylation is 1. The molecule has 0 spiro atoms. The van der Waals surface area contributed by atoms with E-state index in [1.807, 2.05) is 25.1 Å². The number of aromatic amines is 1. The van der Waals surface area contributed by atoms with Crippen molar-refractivity contribution in [3.8, 4) is 0 Å². The van der Waals surface area contributed by atoms with Crippen molar-refractivity contribution in [1.29, 1.82) is 0 Å². The predicted octanol–water partition coefficient (Wildman–Crippen LogP) is 2.34. The minimum absolute atomic E-state index is 0.132. The third kappa shape index (κ3) is 2.85. The van der Waals surface area contributed by atoms with Crippen LogP contribution in [0.1, 0.15) is 11.1 Å². The number of hydrogen-bond acceptors (Lipinski definition) is 3. The zero-order chi connectivity index (χ0) is 12.3. The Morgan fingerprint density at radius 2 is 2.29 bits per heavy atom. The average molecular weight is 250 g/mol. The SMILES string of the molecule is Cc1cccc(CNc2cn[nH]c(=O)c2Cl)c1. The molecular weight excluding hydrogens is 238 g/mol. The molecule has 17 heavy (non-hydrogen) atoms. The van der Waals surface area contributed by atoms with Crippen LogP contribution in [-0.4, -0.2) is 10.2 Å². The summed E-state index contributed by atoms with van der Waals surface area (Å²) < 4.78 is 0. The van der Waals surface area contributed by atoms with Crippen LogP contribution in [0.2, 0.25) is 5.02 Å². The van der Waals surface area contributed by atoms with Crippen molar-refractivity contribution in [3.63, 3.8) is 0 Å². The highest BCUT2D eigenvalue weighted by molar-refractivity contribution is 6.32. The first kappa shape index (κ1) is 11.7. The van der Waals surface area contributed by atoms with E-state index in [-0.39, 0.29) is 10.6 Å². The number of rotatable bonds is 3. The minimum atomic E-state index is -0.388. The molecule has 5 heteroatoms. The van der Waals surface area contributed by atoms with Crippen LogP contribution in [-0.2, 0) is 6.54 Å². The van der Waals surface area contributed by atoms with E-state index in [4.69, 9.17) is 11.6 Å². The Balaban J connectivity index is 2.13. The number of hydrogen-bond donors (Lipinski definition) is 2. The van der Waals surface area contributed by atoms with Crippen molar-refractivity contribution >= 4 is 17.3 Å². The molecule has 4 nitrogen and oxygen atoms in total. The zero-order valence-electron chi connectivity index (χ0n) is 9.33. The molecule has 2 aromatic rings. The molecule has 0 bridgehead atoms. The third-order valence-electron chi connectivity index (χ3n) is 2.36. The molecule has 1 aromatic heterocycles. The maximum absolute atomic E-state index is 11.2. The molecular formula is C12H12ClN3O. The van der Waals surface area contributed by atoms with Gasteiger partial charge < -0.3 is 5.32 Å². The van der Waals surface area contributed by atoms with Crippen LogP contribution in [0, 0.1) is 6.92 Å². The lowest BCUT2D eigenvalue weighted by Gasteiger charge is -2.07. The first-order valence-electron chi connectivity index (χ1n) is 5.19.